The number of halogens is 1. The van der Waals surface area contributed by atoms with Crippen LogP contribution in [0.1, 0.15) is 58.8 Å². The van der Waals surface area contributed by atoms with Gasteiger partial charge in [-0.15, -0.1) is 0 Å². The van der Waals surface area contributed by atoms with Crippen LogP contribution in [0, 0.1) is 0 Å². The Morgan fingerprint density at radius 3 is 1.40 bits per heavy atom. The van der Waals surface area contributed by atoms with Gasteiger partial charge >= 0.3 is 225 Å². The SMILES string of the molecule is CCOC(CCCCCCCC[I-][P+](c1ccccc1)(c1ccccc1)c1ccccc1)OCC. The van der Waals surface area contributed by atoms with E-state index in [9.17, 15) is 0 Å². The van der Waals surface area contributed by atoms with Crippen molar-refractivity contribution in [1.29, 1.82) is 0 Å². The zero-order valence-corrected chi connectivity index (χ0v) is 24.5. The number of hydrogen-bond acceptors (Lipinski definition) is 2. The number of unbranched alkanes of at least 4 members (excludes halogenated alkanes) is 5. The molecule has 0 fully saturated rings. The van der Waals surface area contributed by atoms with Gasteiger partial charge in [0.25, 0.3) is 0 Å². The number of hydrogen-bond donors (Lipinski definition) is 0. The maximum absolute atomic E-state index is 5.67. The molecule has 0 unspecified atom stereocenters. The summed E-state index contributed by atoms with van der Waals surface area (Å²) in [5.74, 6) is 0. The molecule has 4 heteroatoms. The zero-order chi connectivity index (χ0) is 24.6. The first-order valence-corrected chi connectivity index (χ1v) is 19.3. The first-order valence-electron chi connectivity index (χ1n) is 13.2. The van der Waals surface area contributed by atoms with Gasteiger partial charge < -0.3 is 0 Å². The fourth-order valence-corrected chi connectivity index (χ4v) is 18.0. The summed E-state index contributed by atoms with van der Waals surface area (Å²) in [6.07, 6.45) is 8.83. The average molecular weight is 605 g/mol. The van der Waals surface area contributed by atoms with Crippen LogP contribution >= 0.6 is 4.90 Å². The molecule has 0 aliphatic rings. The van der Waals surface area contributed by atoms with Gasteiger partial charge in [-0.3, -0.25) is 0 Å². The van der Waals surface area contributed by atoms with Crippen molar-refractivity contribution in [2.45, 2.75) is 65.1 Å². The number of benzene rings is 3. The van der Waals surface area contributed by atoms with E-state index in [0.717, 1.165) is 19.6 Å². The Morgan fingerprint density at radius 2 is 0.971 bits per heavy atom. The van der Waals surface area contributed by atoms with Crippen LogP contribution in [0.2, 0.25) is 0 Å². The van der Waals surface area contributed by atoms with Gasteiger partial charge in [-0.05, 0) is 0 Å². The Hall–Kier alpha value is -1.26. The standard InChI is InChI=1S/C31H42IO2P/c1-3-33-31(34-4-2)26-18-7-5-6-8-19-27-32-35(28-20-12-9-13-21-28,29-22-14-10-15-23-29)30-24-16-11-17-25-30/h9-17,20-25,31H,3-8,18-19,26-27H2,1-2H3. The van der Waals surface area contributed by atoms with Crippen LogP contribution in [0.15, 0.2) is 91.0 Å². The van der Waals surface area contributed by atoms with Crippen molar-refractivity contribution in [3.63, 3.8) is 0 Å². The van der Waals surface area contributed by atoms with Crippen molar-refractivity contribution in [2.75, 3.05) is 17.6 Å². The molecule has 0 spiro atoms. The van der Waals surface area contributed by atoms with Gasteiger partial charge in [0.1, 0.15) is 0 Å². The van der Waals surface area contributed by atoms with E-state index in [0.29, 0.717) is 0 Å². The fraction of sp³-hybridized carbons (Fsp3) is 0.419. The summed E-state index contributed by atoms with van der Waals surface area (Å²) in [5, 5.41) is 4.63. The summed E-state index contributed by atoms with van der Waals surface area (Å²) in [5.41, 5.74) is 0. The predicted molar refractivity (Wildman–Crippen MR) is 149 cm³/mol. The second-order valence-electron chi connectivity index (χ2n) is 8.65. The minimum absolute atomic E-state index is 0.0131. The monoisotopic (exact) mass is 604 g/mol. The number of rotatable bonds is 17. The molecule has 3 aromatic rings. The summed E-state index contributed by atoms with van der Waals surface area (Å²) in [4.78, 5) is -1.56. The zero-order valence-electron chi connectivity index (χ0n) is 21.5. The van der Waals surface area contributed by atoms with E-state index < -0.39 is 4.90 Å². The second kappa shape index (κ2) is 16.5. The van der Waals surface area contributed by atoms with Crippen LogP contribution < -0.4 is 36.6 Å². The van der Waals surface area contributed by atoms with Crippen LogP contribution in [-0.4, -0.2) is 23.9 Å². The van der Waals surface area contributed by atoms with Crippen molar-refractivity contribution >= 4 is 20.8 Å². The van der Waals surface area contributed by atoms with Gasteiger partial charge in [0.15, 0.2) is 0 Å². The van der Waals surface area contributed by atoms with Gasteiger partial charge in [0.2, 0.25) is 0 Å². The van der Waals surface area contributed by atoms with Gasteiger partial charge in [-0.2, -0.15) is 0 Å². The van der Waals surface area contributed by atoms with E-state index in [1.807, 2.05) is 13.8 Å². The normalized spacial score (nSPS) is 11.9. The van der Waals surface area contributed by atoms with Gasteiger partial charge in [0.05, 0.1) is 0 Å². The Balaban J connectivity index is 1.57. The Labute approximate surface area is 223 Å². The Morgan fingerprint density at radius 1 is 0.571 bits per heavy atom. The first kappa shape index (κ1) is 28.3. The molecule has 3 aromatic carbocycles. The molecule has 0 N–H and O–H groups in total. The van der Waals surface area contributed by atoms with Crippen molar-refractivity contribution in [3.8, 4) is 0 Å². The topological polar surface area (TPSA) is 18.5 Å². The van der Waals surface area contributed by atoms with Crippen LogP contribution in [0.5, 0.6) is 0 Å². The molecule has 0 aromatic heterocycles. The van der Waals surface area contributed by atoms with Gasteiger partial charge in [0, 0.05) is 0 Å². The van der Waals surface area contributed by atoms with Crippen molar-refractivity contribution in [2.24, 2.45) is 0 Å². The molecular weight excluding hydrogens is 562 g/mol. The van der Waals surface area contributed by atoms with E-state index in [2.05, 4.69) is 91.0 Å². The molecule has 190 valence electrons. The third-order valence-electron chi connectivity index (χ3n) is 6.13. The Bertz CT molecular complexity index is 818. The Kier molecular flexibility index (Phi) is 13.3. The van der Waals surface area contributed by atoms with Gasteiger partial charge in [-0.1, -0.05) is 0 Å². The van der Waals surface area contributed by atoms with Crippen molar-refractivity contribution in [3.05, 3.63) is 91.0 Å². The van der Waals surface area contributed by atoms with Crippen LogP contribution in [0.3, 0.4) is 0 Å². The number of alkyl halides is 1. The third kappa shape index (κ3) is 8.67. The molecule has 0 bridgehead atoms. The molecule has 35 heavy (non-hydrogen) atoms. The quantitative estimate of drug-likeness (QED) is 0.0760. The molecular formula is C31H42IO2P. The molecule has 0 atom stereocenters. The second-order valence-corrected chi connectivity index (χ2v) is 19.1. The van der Waals surface area contributed by atoms with Crippen LogP contribution in [-0.2, 0) is 9.47 Å². The van der Waals surface area contributed by atoms with Crippen molar-refractivity contribution in [1.82, 2.24) is 0 Å². The molecule has 0 aliphatic heterocycles. The average Bonchev–Trinajstić information content (AvgIpc) is 2.92. The molecule has 3 rings (SSSR count). The summed E-state index contributed by atoms with van der Waals surface area (Å²) >= 11 is -0.0328. The summed E-state index contributed by atoms with van der Waals surface area (Å²) in [6.45, 7) is 5.54. The van der Waals surface area contributed by atoms with Crippen LogP contribution in [0.4, 0.5) is 0 Å². The van der Waals surface area contributed by atoms with E-state index >= 15 is 0 Å². The number of ether oxygens (including phenoxy) is 2. The maximum atomic E-state index is 5.67. The fourth-order valence-electron chi connectivity index (χ4n) is 4.44. The predicted octanol–water partition coefficient (Wildman–Crippen LogP) is 4.11. The van der Waals surface area contributed by atoms with Crippen LogP contribution in [0.25, 0.3) is 0 Å². The van der Waals surface area contributed by atoms with E-state index in [4.69, 9.17) is 9.47 Å². The third-order valence-corrected chi connectivity index (χ3v) is 20.0. The summed E-state index contributed by atoms with van der Waals surface area (Å²) < 4.78 is 12.7. The molecule has 0 saturated carbocycles. The van der Waals surface area contributed by atoms with E-state index in [-0.39, 0.29) is 26.9 Å². The summed E-state index contributed by atoms with van der Waals surface area (Å²) in [7, 11) is 0. The van der Waals surface area contributed by atoms with Crippen molar-refractivity contribution < 1.29 is 30.1 Å². The molecule has 0 amide bonds. The van der Waals surface area contributed by atoms with E-state index in [1.165, 1.54) is 43.0 Å². The molecule has 0 saturated heterocycles. The molecule has 0 heterocycles. The van der Waals surface area contributed by atoms with E-state index in [1.54, 1.807) is 15.9 Å². The molecule has 2 nitrogen and oxygen atoms in total. The first-order chi connectivity index (χ1) is 17.3. The summed E-state index contributed by atoms with van der Waals surface area (Å²) in [6, 6.07) is 34.1. The molecule has 0 aliphatic carbocycles. The minimum atomic E-state index is -1.56. The molecule has 0 radical (unpaired) electrons. The van der Waals surface area contributed by atoms with Gasteiger partial charge in [-0.25, -0.2) is 0 Å².